The first-order chi connectivity index (χ1) is 16.6. The molecule has 1 saturated heterocycles. The van der Waals surface area contributed by atoms with E-state index in [4.69, 9.17) is 9.47 Å². The number of halogens is 1. The Bertz CT molecular complexity index is 1200. The second kappa shape index (κ2) is 10.1. The third-order valence-electron chi connectivity index (χ3n) is 6.42. The van der Waals surface area contributed by atoms with Gasteiger partial charge >= 0.3 is 12.1 Å². The van der Waals surface area contributed by atoms with E-state index >= 15 is 0 Å². The molecular weight excluding hydrogens is 447 g/mol. The van der Waals surface area contributed by atoms with Crippen molar-refractivity contribution in [2.45, 2.75) is 52.2 Å². The number of aromatic nitrogens is 1. The van der Waals surface area contributed by atoms with Gasteiger partial charge in [-0.05, 0) is 87.4 Å². The van der Waals surface area contributed by atoms with Gasteiger partial charge in [-0.25, -0.2) is 14.0 Å². The van der Waals surface area contributed by atoms with Gasteiger partial charge in [0, 0.05) is 31.2 Å². The fourth-order valence-corrected chi connectivity index (χ4v) is 4.63. The molecule has 1 aromatic heterocycles. The van der Waals surface area contributed by atoms with Gasteiger partial charge < -0.3 is 18.9 Å². The molecule has 1 fully saturated rings. The van der Waals surface area contributed by atoms with Gasteiger partial charge in [0.2, 0.25) is 0 Å². The number of methoxy groups -OCH3 is 1. The molecule has 6 nitrogen and oxygen atoms in total. The van der Waals surface area contributed by atoms with Crippen molar-refractivity contribution in [2.75, 3.05) is 20.2 Å². The van der Waals surface area contributed by atoms with E-state index in [2.05, 4.69) is 10.8 Å². The average Bonchev–Trinajstić information content (AvgIpc) is 3.14. The zero-order valence-electron chi connectivity index (χ0n) is 20.8. The number of carbonyl (C=O) groups excluding carboxylic acids is 2. The second-order valence-corrected chi connectivity index (χ2v) is 10.2. The van der Waals surface area contributed by atoms with Gasteiger partial charge in [-0.1, -0.05) is 12.1 Å². The summed E-state index contributed by atoms with van der Waals surface area (Å²) in [6, 6.07) is 12.3. The maximum absolute atomic E-state index is 14.1. The first-order valence-electron chi connectivity index (χ1n) is 12.1. The summed E-state index contributed by atoms with van der Waals surface area (Å²) in [5, 5.41) is 1.02. The van der Waals surface area contributed by atoms with Crippen LogP contribution in [0.15, 0.2) is 48.7 Å². The first-order valence-corrected chi connectivity index (χ1v) is 12.1. The van der Waals surface area contributed by atoms with E-state index in [1.165, 1.54) is 13.2 Å². The summed E-state index contributed by atoms with van der Waals surface area (Å²) in [6.45, 7) is 7.71. The van der Waals surface area contributed by atoms with Crippen molar-refractivity contribution >= 4 is 23.0 Å². The Hall–Kier alpha value is -3.35. The van der Waals surface area contributed by atoms with E-state index in [1.54, 1.807) is 23.1 Å². The molecule has 2 aromatic carbocycles. The van der Waals surface area contributed by atoms with E-state index in [9.17, 15) is 14.0 Å². The largest absolute Gasteiger partial charge is 0.465 e. The van der Waals surface area contributed by atoms with Crippen LogP contribution < -0.4 is 0 Å². The SMILES string of the molecule is COC(=O)c1ccc(Cc2cn(CC3CCN(C(=O)OC(C)(C)C)CC3)c3cc(F)ccc23)cc1. The van der Waals surface area contributed by atoms with E-state index < -0.39 is 5.60 Å². The topological polar surface area (TPSA) is 60.8 Å². The molecule has 4 rings (SSSR count). The van der Waals surface area contributed by atoms with Crippen LogP contribution in [-0.4, -0.2) is 47.3 Å². The Morgan fingerprint density at radius 3 is 2.37 bits per heavy atom. The molecule has 1 aliphatic heterocycles. The molecule has 0 aliphatic carbocycles. The Labute approximate surface area is 205 Å². The Morgan fingerprint density at radius 2 is 1.74 bits per heavy atom. The molecule has 1 aliphatic rings. The number of ether oxygens (including phenoxy) is 2. The molecule has 0 radical (unpaired) electrons. The van der Waals surface area contributed by atoms with Crippen molar-refractivity contribution in [3.05, 3.63) is 71.2 Å². The predicted molar refractivity (Wildman–Crippen MR) is 133 cm³/mol. The van der Waals surface area contributed by atoms with E-state index in [1.807, 2.05) is 39.0 Å². The zero-order valence-corrected chi connectivity index (χ0v) is 20.8. The van der Waals surface area contributed by atoms with Crippen molar-refractivity contribution in [2.24, 2.45) is 5.92 Å². The Balaban J connectivity index is 1.48. The van der Waals surface area contributed by atoms with E-state index in [-0.39, 0.29) is 17.9 Å². The van der Waals surface area contributed by atoms with Gasteiger partial charge in [-0.15, -0.1) is 0 Å². The number of hydrogen-bond donors (Lipinski definition) is 0. The average molecular weight is 481 g/mol. The van der Waals surface area contributed by atoms with Crippen LogP contribution in [0.5, 0.6) is 0 Å². The molecule has 0 spiro atoms. The quantitative estimate of drug-likeness (QED) is 0.433. The molecule has 0 N–H and O–H groups in total. The van der Waals surface area contributed by atoms with Crippen LogP contribution in [0.3, 0.4) is 0 Å². The fourth-order valence-electron chi connectivity index (χ4n) is 4.63. The number of fused-ring (bicyclic) bond motifs is 1. The number of nitrogens with zero attached hydrogens (tertiary/aromatic N) is 2. The predicted octanol–water partition coefficient (Wildman–Crippen LogP) is 5.80. The second-order valence-electron chi connectivity index (χ2n) is 10.2. The molecular formula is C28H33FN2O4. The zero-order chi connectivity index (χ0) is 25.2. The minimum atomic E-state index is -0.502. The number of amides is 1. The highest BCUT2D eigenvalue weighted by atomic mass is 19.1. The van der Waals surface area contributed by atoms with Crippen molar-refractivity contribution in [3.8, 4) is 0 Å². The van der Waals surface area contributed by atoms with Crippen LogP contribution >= 0.6 is 0 Å². The standard InChI is InChI=1S/C28H33FN2O4/c1-28(2,3)35-27(33)30-13-11-20(12-14-30)17-31-18-22(24-10-9-23(29)16-25(24)31)15-19-5-7-21(8-6-19)26(32)34-4/h5-10,16,18,20H,11-15,17H2,1-4H3. The molecule has 0 unspecified atom stereocenters. The minimum absolute atomic E-state index is 0.259. The number of benzene rings is 2. The van der Waals surface area contributed by atoms with Gasteiger partial charge in [-0.3, -0.25) is 0 Å². The number of esters is 1. The third kappa shape index (κ3) is 6.02. The number of piperidine rings is 1. The van der Waals surface area contributed by atoms with Crippen LogP contribution in [-0.2, 0) is 22.4 Å². The highest BCUT2D eigenvalue weighted by Crippen LogP contribution is 2.28. The van der Waals surface area contributed by atoms with Gasteiger partial charge in [0.25, 0.3) is 0 Å². The third-order valence-corrected chi connectivity index (χ3v) is 6.42. The van der Waals surface area contributed by atoms with Crippen LogP contribution in [0.4, 0.5) is 9.18 Å². The molecule has 0 saturated carbocycles. The van der Waals surface area contributed by atoms with E-state index in [0.717, 1.165) is 41.4 Å². The lowest BCUT2D eigenvalue weighted by molar-refractivity contribution is 0.0178. The number of likely N-dealkylation sites (tertiary alicyclic amines) is 1. The van der Waals surface area contributed by atoms with Crippen LogP contribution in [0, 0.1) is 11.7 Å². The van der Waals surface area contributed by atoms with Gasteiger partial charge in [0.05, 0.1) is 18.2 Å². The summed E-state index contributed by atoms with van der Waals surface area (Å²) in [5.74, 6) is -0.230. The van der Waals surface area contributed by atoms with Crippen molar-refractivity contribution in [3.63, 3.8) is 0 Å². The summed E-state index contributed by atoms with van der Waals surface area (Å²) >= 11 is 0. The Morgan fingerprint density at radius 1 is 1.06 bits per heavy atom. The molecule has 3 aromatic rings. The molecule has 0 atom stereocenters. The normalized spacial score (nSPS) is 14.8. The lowest BCUT2D eigenvalue weighted by Crippen LogP contribution is -2.42. The van der Waals surface area contributed by atoms with Crippen LogP contribution in [0.2, 0.25) is 0 Å². The molecule has 186 valence electrons. The molecule has 35 heavy (non-hydrogen) atoms. The highest BCUT2D eigenvalue weighted by Gasteiger charge is 2.27. The summed E-state index contributed by atoms with van der Waals surface area (Å²) < 4.78 is 26.6. The summed E-state index contributed by atoms with van der Waals surface area (Å²) in [5.41, 5.74) is 3.06. The Kier molecular flexibility index (Phi) is 7.15. The van der Waals surface area contributed by atoms with E-state index in [0.29, 0.717) is 31.0 Å². The molecule has 1 amide bonds. The van der Waals surface area contributed by atoms with Crippen LogP contribution in [0.25, 0.3) is 10.9 Å². The number of carbonyl (C=O) groups is 2. The van der Waals surface area contributed by atoms with Crippen molar-refractivity contribution in [1.82, 2.24) is 9.47 Å². The maximum Gasteiger partial charge on any atom is 0.410 e. The molecule has 7 heteroatoms. The summed E-state index contributed by atoms with van der Waals surface area (Å²) in [7, 11) is 1.37. The smallest absolute Gasteiger partial charge is 0.410 e. The lowest BCUT2D eigenvalue weighted by atomic mass is 9.97. The summed E-state index contributed by atoms with van der Waals surface area (Å²) in [4.78, 5) is 25.9. The number of rotatable bonds is 5. The monoisotopic (exact) mass is 480 g/mol. The minimum Gasteiger partial charge on any atom is -0.465 e. The number of hydrogen-bond acceptors (Lipinski definition) is 4. The fraction of sp³-hybridized carbons (Fsp3) is 0.429. The van der Waals surface area contributed by atoms with Crippen molar-refractivity contribution < 1.29 is 23.5 Å². The summed E-state index contributed by atoms with van der Waals surface area (Å²) in [6.07, 6.45) is 4.27. The van der Waals surface area contributed by atoms with Crippen molar-refractivity contribution in [1.29, 1.82) is 0 Å². The van der Waals surface area contributed by atoms with Gasteiger partial charge in [0.15, 0.2) is 0 Å². The lowest BCUT2D eigenvalue weighted by Gasteiger charge is -2.33. The molecule has 0 bridgehead atoms. The van der Waals surface area contributed by atoms with Gasteiger partial charge in [0.1, 0.15) is 11.4 Å². The maximum atomic E-state index is 14.1. The molecule has 2 heterocycles. The van der Waals surface area contributed by atoms with Crippen LogP contribution in [0.1, 0.15) is 55.1 Å². The highest BCUT2D eigenvalue weighted by molar-refractivity contribution is 5.89. The first kappa shape index (κ1) is 24.8. The van der Waals surface area contributed by atoms with Gasteiger partial charge in [-0.2, -0.15) is 0 Å².